The summed E-state index contributed by atoms with van der Waals surface area (Å²) in [6, 6.07) is 8.07. The molecule has 5 nitrogen and oxygen atoms in total. The third-order valence-corrected chi connectivity index (χ3v) is 4.74. The van der Waals surface area contributed by atoms with E-state index in [1.165, 1.54) is 18.5 Å². The summed E-state index contributed by atoms with van der Waals surface area (Å²) in [6.45, 7) is 8.34. The molecule has 5 heteroatoms. The van der Waals surface area contributed by atoms with Crippen molar-refractivity contribution in [3.8, 4) is 0 Å². The lowest BCUT2D eigenvalue weighted by Gasteiger charge is -2.32. The van der Waals surface area contributed by atoms with Gasteiger partial charge in [-0.3, -0.25) is 9.89 Å². The largest absolute Gasteiger partial charge is 0.372 e. The molecule has 0 unspecified atom stereocenters. The second-order valence-corrected chi connectivity index (χ2v) is 6.49. The summed E-state index contributed by atoms with van der Waals surface area (Å²) < 4.78 is 0. The number of aromatic amines is 1. The number of nitrogens with one attached hydrogen (secondary N) is 2. The second kappa shape index (κ2) is 6.44. The van der Waals surface area contributed by atoms with Gasteiger partial charge in [-0.2, -0.15) is 5.10 Å². The van der Waals surface area contributed by atoms with E-state index in [1.807, 2.05) is 26.0 Å². The molecular weight excluding hydrogens is 288 g/mol. The molecule has 1 aliphatic heterocycles. The predicted octanol–water partition coefficient (Wildman–Crippen LogP) is 3.52. The number of nitrogens with zero attached hydrogens (tertiary/aromatic N) is 2. The first-order chi connectivity index (χ1) is 11.0. The highest BCUT2D eigenvalue weighted by atomic mass is 16.1. The van der Waals surface area contributed by atoms with Gasteiger partial charge in [0.15, 0.2) is 5.69 Å². The van der Waals surface area contributed by atoms with Gasteiger partial charge in [0.2, 0.25) is 0 Å². The Morgan fingerprint density at radius 3 is 2.43 bits per heavy atom. The third kappa shape index (κ3) is 3.38. The highest BCUT2D eigenvalue weighted by molar-refractivity contribution is 6.04. The van der Waals surface area contributed by atoms with Gasteiger partial charge < -0.3 is 10.2 Å². The molecule has 1 amide bonds. The Morgan fingerprint density at radius 1 is 1.22 bits per heavy atom. The minimum atomic E-state index is -0.175. The molecule has 0 saturated carbocycles. The molecule has 1 aliphatic rings. The fourth-order valence-electron chi connectivity index (χ4n) is 2.92. The Bertz CT molecular complexity index is 682. The average Bonchev–Trinajstić information content (AvgIpc) is 2.89. The van der Waals surface area contributed by atoms with Gasteiger partial charge in [0, 0.05) is 35.7 Å². The summed E-state index contributed by atoms with van der Waals surface area (Å²) in [5.41, 5.74) is 4.29. The van der Waals surface area contributed by atoms with Crippen molar-refractivity contribution in [2.24, 2.45) is 5.92 Å². The summed E-state index contributed by atoms with van der Waals surface area (Å²) in [6.07, 6.45) is 2.49. The Morgan fingerprint density at radius 2 is 1.87 bits per heavy atom. The van der Waals surface area contributed by atoms with Crippen LogP contribution in [0.1, 0.15) is 41.5 Å². The van der Waals surface area contributed by atoms with Crippen LogP contribution in [0.25, 0.3) is 0 Å². The molecule has 0 aliphatic carbocycles. The molecule has 23 heavy (non-hydrogen) atoms. The predicted molar refractivity (Wildman–Crippen MR) is 93.1 cm³/mol. The fourth-order valence-corrected chi connectivity index (χ4v) is 2.92. The second-order valence-electron chi connectivity index (χ2n) is 6.49. The third-order valence-electron chi connectivity index (χ3n) is 4.74. The fraction of sp³-hybridized carbons (Fsp3) is 0.444. The summed E-state index contributed by atoms with van der Waals surface area (Å²) >= 11 is 0. The Hall–Kier alpha value is -2.30. The van der Waals surface area contributed by atoms with Crippen molar-refractivity contribution in [1.82, 2.24) is 10.2 Å². The van der Waals surface area contributed by atoms with Gasteiger partial charge in [0.25, 0.3) is 5.91 Å². The van der Waals surface area contributed by atoms with Gasteiger partial charge in [0.1, 0.15) is 0 Å². The zero-order valence-corrected chi connectivity index (χ0v) is 14.0. The minimum absolute atomic E-state index is 0.175. The van der Waals surface area contributed by atoms with Crippen LogP contribution in [0.5, 0.6) is 0 Å². The Labute approximate surface area is 137 Å². The lowest BCUT2D eigenvalue weighted by atomic mass is 9.99. The van der Waals surface area contributed by atoms with Crippen molar-refractivity contribution < 1.29 is 4.79 Å². The number of carbonyl (C=O) groups excluding carboxylic acids is 1. The van der Waals surface area contributed by atoms with Crippen LogP contribution in [0, 0.1) is 19.8 Å². The molecule has 0 bridgehead atoms. The van der Waals surface area contributed by atoms with Gasteiger partial charge in [-0.05, 0) is 56.9 Å². The van der Waals surface area contributed by atoms with Gasteiger partial charge in [0.05, 0.1) is 0 Å². The van der Waals surface area contributed by atoms with Crippen molar-refractivity contribution >= 4 is 17.3 Å². The summed E-state index contributed by atoms with van der Waals surface area (Å²) in [4.78, 5) is 14.7. The molecule has 0 atom stereocenters. The number of piperidine rings is 1. The van der Waals surface area contributed by atoms with Crippen LogP contribution in [-0.2, 0) is 0 Å². The molecule has 0 spiro atoms. The maximum absolute atomic E-state index is 12.3. The molecule has 3 rings (SSSR count). The van der Waals surface area contributed by atoms with Gasteiger partial charge in [-0.1, -0.05) is 6.92 Å². The monoisotopic (exact) mass is 312 g/mol. The SMILES string of the molecule is Cc1[nH]nc(C(=O)Nc2ccc(N3CCC(C)CC3)cc2)c1C. The highest BCUT2D eigenvalue weighted by Crippen LogP contribution is 2.24. The molecule has 1 saturated heterocycles. The van der Waals surface area contributed by atoms with Crippen LogP contribution in [-0.4, -0.2) is 29.2 Å². The number of carbonyl (C=O) groups is 1. The number of aryl methyl sites for hydroxylation is 1. The van der Waals surface area contributed by atoms with Gasteiger partial charge >= 0.3 is 0 Å². The van der Waals surface area contributed by atoms with Crippen molar-refractivity contribution in [3.63, 3.8) is 0 Å². The van der Waals surface area contributed by atoms with Crippen LogP contribution in [0.15, 0.2) is 24.3 Å². The van der Waals surface area contributed by atoms with Crippen LogP contribution in [0.4, 0.5) is 11.4 Å². The van der Waals surface area contributed by atoms with E-state index in [9.17, 15) is 4.79 Å². The zero-order chi connectivity index (χ0) is 16.4. The first kappa shape index (κ1) is 15.6. The number of aromatic nitrogens is 2. The standard InChI is InChI=1S/C18H24N4O/c1-12-8-10-22(11-9-12)16-6-4-15(5-7-16)19-18(23)17-13(2)14(3)20-21-17/h4-7,12H,8-11H2,1-3H3,(H,19,23)(H,20,21). The first-order valence-corrected chi connectivity index (χ1v) is 8.22. The Balaban J connectivity index is 1.65. The van der Waals surface area contributed by atoms with E-state index in [-0.39, 0.29) is 5.91 Å². The van der Waals surface area contributed by atoms with Crippen molar-refractivity contribution in [1.29, 1.82) is 0 Å². The van der Waals surface area contributed by atoms with E-state index in [2.05, 4.69) is 39.5 Å². The number of anilines is 2. The van der Waals surface area contributed by atoms with E-state index in [1.54, 1.807) is 0 Å². The molecule has 1 fully saturated rings. The Kier molecular flexibility index (Phi) is 4.37. The first-order valence-electron chi connectivity index (χ1n) is 8.22. The molecule has 0 radical (unpaired) electrons. The van der Waals surface area contributed by atoms with E-state index in [4.69, 9.17) is 0 Å². The molecule has 1 aromatic carbocycles. The topological polar surface area (TPSA) is 61.0 Å². The van der Waals surface area contributed by atoms with E-state index in [0.29, 0.717) is 5.69 Å². The zero-order valence-electron chi connectivity index (χ0n) is 14.0. The van der Waals surface area contributed by atoms with Crippen molar-refractivity contribution in [3.05, 3.63) is 41.2 Å². The van der Waals surface area contributed by atoms with Gasteiger partial charge in [-0.15, -0.1) is 0 Å². The maximum Gasteiger partial charge on any atom is 0.276 e. The number of hydrogen-bond donors (Lipinski definition) is 2. The van der Waals surface area contributed by atoms with Crippen LogP contribution in [0.2, 0.25) is 0 Å². The summed E-state index contributed by atoms with van der Waals surface area (Å²) in [5.74, 6) is 0.650. The normalized spacial score (nSPS) is 15.7. The van der Waals surface area contributed by atoms with Crippen LogP contribution < -0.4 is 10.2 Å². The van der Waals surface area contributed by atoms with Crippen molar-refractivity contribution in [2.45, 2.75) is 33.6 Å². The lowest BCUT2D eigenvalue weighted by Crippen LogP contribution is -2.32. The van der Waals surface area contributed by atoms with Gasteiger partial charge in [-0.25, -0.2) is 0 Å². The number of benzene rings is 1. The minimum Gasteiger partial charge on any atom is -0.372 e. The smallest absolute Gasteiger partial charge is 0.276 e. The maximum atomic E-state index is 12.3. The van der Waals surface area contributed by atoms with Crippen LogP contribution in [0.3, 0.4) is 0 Å². The number of hydrogen-bond acceptors (Lipinski definition) is 3. The van der Waals surface area contributed by atoms with E-state index < -0.39 is 0 Å². The molecule has 2 heterocycles. The number of amides is 1. The number of H-pyrrole nitrogens is 1. The van der Waals surface area contributed by atoms with E-state index in [0.717, 1.165) is 36.0 Å². The summed E-state index contributed by atoms with van der Waals surface area (Å²) in [5, 5.41) is 9.82. The molecule has 2 aromatic rings. The highest BCUT2D eigenvalue weighted by Gasteiger charge is 2.17. The van der Waals surface area contributed by atoms with Crippen LogP contribution >= 0.6 is 0 Å². The molecule has 122 valence electrons. The van der Waals surface area contributed by atoms with Crippen molar-refractivity contribution in [2.75, 3.05) is 23.3 Å². The van der Waals surface area contributed by atoms with E-state index >= 15 is 0 Å². The molecular formula is C18H24N4O. The quantitative estimate of drug-likeness (QED) is 0.911. The number of rotatable bonds is 3. The molecule has 1 aromatic heterocycles. The molecule has 2 N–H and O–H groups in total. The average molecular weight is 312 g/mol. The summed E-state index contributed by atoms with van der Waals surface area (Å²) in [7, 11) is 0. The lowest BCUT2D eigenvalue weighted by molar-refractivity contribution is 0.102.